The van der Waals surface area contributed by atoms with Crippen molar-refractivity contribution in [2.45, 2.75) is 38.1 Å². The molecule has 12 nitrogen and oxygen atoms in total. The number of rotatable bonds is 12. The highest BCUT2D eigenvalue weighted by Gasteiger charge is 2.21. The molecular weight excluding hydrogens is 420 g/mol. The Hall–Kier alpha value is -4.09. The lowest BCUT2D eigenvalue weighted by atomic mass is 10.1. The van der Waals surface area contributed by atoms with Crippen LogP contribution in [0.2, 0.25) is 0 Å². The molecule has 1 atom stereocenters. The van der Waals surface area contributed by atoms with E-state index < -0.39 is 23.9 Å². The van der Waals surface area contributed by atoms with Gasteiger partial charge in [-0.05, 0) is 49.9 Å². The normalized spacial score (nSPS) is 11.5. The molecule has 1 aromatic heterocycles. The highest BCUT2D eigenvalue weighted by molar-refractivity contribution is 5.96. The first-order chi connectivity index (χ1) is 15.2. The minimum Gasteiger partial charge on any atom is -0.481 e. The number of nitrogens with two attached hydrogens (primary N) is 2. The SMILES string of the molecule is Nc1nc(N)c(CCCCNc2ccc(C(=O)N[C@@H](CCC(=O)O)C(=O)O)cc2)c(=O)[nH]1. The number of H-pyrrole nitrogens is 1. The van der Waals surface area contributed by atoms with Gasteiger partial charge in [0.2, 0.25) is 5.95 Å². The Kier molecular flexibility index (Phi) is 8.57. The summed E-state index contributed by atoms with van der Waals surface area (Å²) in [5.74, 6) is -2.93. The van der Waals surface area contributed by atoms with Gasteiger partial charge in [0.05, 0.1) is 5.56 Å². The van der Waals surface area contributed by atoms with Crippen LogP contribution in [0.4, 0.5) is 17.5 Å². The molecule has 0 unspecified atom stereocenters. The van der Waals surface area contributed by atoms with E-state index in [4.69, 9.17) is 21.7 Å². The van der Waals surface area contributed by atoms with Crippen LogP contribution in [0.15, 0.2) is 29.1 Å². The Labute approximate surface area is 183 Å². The van der Waals surface area contributed by atoms with Crippen LogP contribution in [0.5, 0.6) is 0 Å². The molecule has 0 radical (unpaired) electrons. The summed E-state index contributed by atoms with van der Waals surface area (Å²) < 4.78 is 0. The van der Waals surface area contributed by atoms with Crippen molar-refractivity contribution < 1.29 is 24.6 Å². The standard InChI is InChI=1S/C20H26N6O6/c21-16-13(18(30)26-20(22)25-16)3-1-2-10-23-12-6-4-11(5-7-12)17(29)24-14(19(31)32)8-9-15(27)28/h4-7,14,23H,1-3,8-10H2,(H,24,29)(H,27,28)(H,31,32)(H5,21,22,25,26,30)/t14-/m0/s1. The molecule has 12 heteroatoms. The predicted molar refractivity (Wildman–Crippen MR) is 117 cm³/mol. The number of carbonyl (C=O) groups excluding carboxylic acids is 1. The van der Waals surface area contributed by atoms with Gasteiger partial charge >= 0.3 is 11.9 Å². The lowest BCUT2D eigenvalue weighted by molar-refractivity contribution is -0.140. The van der Waals surface area contributed by atoms with Gasteiger partial charge in [-0.2, -0.15) is 4.98 Å². The number of carbonyl (C=O) groups is 3. The number of carboxylic acids is 2. The van der Waals surface area contributed by atoms with Gasteiger partial charge in [-0.1, -0.05) is 0 Å². The molecule has 0 aliphatic carbocycles. The zero-order valence-corrected chi connectivity index (χ0v) is 17.3. The molecule has 0 saturated carbocycles. The Bertz CT molecular complexity index is 1020. The molecule has 172 valence electrons. The molecule has 9 N–H and O–H groups in total. The van der Waals surface area contributed by atoms with Gasteiger partial charge in [-0.25, -0.2) is 4.79 Å². The molecule has 1 amide bonds. The third kappa shape index (κ3) is 7.31. The van der Waals surface area contributed by atoms with Gasteiger partial charge < -0.3 is 32.3 Å². The van der Waals surface area contributed by atoms with Crippen LogP contribution in [-0.4, -0.2) is 50.6 Å². The lowest BCUT2D eigenvalue weighted by Crippen LogP contribution is -2.41. The quantitative estimate of drug-likeness (QED) is 0.223. The highest BCUT2D eigenvalue weighted by atomic mass is 16.4. The number of nitrogens with one attached hydrogen (secondary N) is 3. The molecular formula is C20H26N6O6. The largest absolute Gasteiger partial charge is 0.481 e. The van der Waals surface area contributed by atoms with Crippen molar-refractivity contribution in [1.29, 1.82) is 0 Å². The Morgan fingerprint density at radius 2 is 1.78 bits per heavy atom. The maximum atomic E-state index is 12.2. The number of nitrogens with zero attached hydrogens (tertiary/aromatic N) is 1. The summed E-state index contributed by atoms with van der Waals surface area (Å²) in [5.41, 5.74) is 12.2. The summed E-state index contributed by atoms with van der Waals surface area (Å²) in [6.45, 7) is 0.613. The predicted octanol–water partition coefficient (Wildman–Crippen LogP) is 0.417. The van der Waals surface area contributed by atoms with E-state index in [2.05, 4.69) is 20.6 Å². The first-order valence-corrected chi connectivity index (χ1v) is 9.91. The fourth-order valence-corrected chi connectivity index (χ4v) is 2.94. The van der Waals surface area contributed by atoms with Crippen molar-refractivity contribution in [2.75, 3.05) is 23.3 Å². The number of nitrogen functional groups attached to an aromatic ring is 2. The molecule has 32 heavy (non-hydrogen) atoms. The fraction of sp³-hybridized carbons (Fsp3) is 0.350. The summed E-state index contributed by atoms with van der Waals surface area (Å²) in [6.07, 6.45) is 1.33. The number of aromatic amines is 1. The van der Waals surface area contributed by atoms with Crippen molar-refractivity contribution in [1.82, 2.24) is 15.3 Å². The fourth-order valence-electron chi connectivity index (χ4n) is 2.94. The smallest absolute Gasteiger partial charge is 0.326 e. The molecule has 2 rings (SSSR count). The highest BCUT2D eigenvalue weighted by Crippen LogP contribution is 2.12. The average Bonchev–Trinajstić information content (AvgIpc) is 2.72. The van der Waals surface area contributed by atoms with Crippen LogP contribution in [0.3, 0.4) is 0 Å². The first kappa shape index (κ1) is 24.2. The number of unbranched alkanes of at least 4 members (excludes halogenated alkanes) is 1. The number of amides is 1. The second-order valence-electron chi connectivity index (χ2n) is 7.07. The molecule has 0 spiro atoms. The van der Waals surface area contributed by atoms with Crippen LogP contribution >= 0.6 is 0 Å². The molecule has 0 aliphatic rings. The second-order valence-corrected chi connectivity index (χ2v) is 7.07. The van der Waals surface area contributed by atoms with Gasteiger partial charge in [-0.15, -0.1) is 0 Å². The third-order valence-electron chi connectivity index (χ3n) is 4.65. The van der Waals surface area contributed by atoms with Crippen molar-refractivity contribution >= 4 is 35.3 Å². The Balaban J connectivity index is 1.80. The first-order valence-electron chi connectivity index (χ1n) is 9.91. The number of hydrogen-bond acceptors (Lipinski definition) is 8. The Morgan fingerprint density at radius 3 is 2.38 bits per heavy atom. The summed E-state index contributed by atoms with van der Waals surface area (Å²) >= 11 is 0. The number of aromatic nitrogens is 2. The molecule has 1 heterocycles. The van der Waals surface area contributed by atoms with Gasteiger partial charge in [0, 0.05) is 24.2 Å². The van der Waals surface area contributed by atoms with Crippen LogP contribution in [0, 0.1) is 0 Å². The van der Waals surface area contributed by atoms with E-state index in [-0.39, 0.29) is 35.7 Å². The van der Waals surface area contributed by atoms with Gasteiger partial charge in [0.25, 0.3) is 11.5 Å². The topological polar surface area (TPSA) is 214 Å². The number of anilines is 3. The maximum Gasteiger partial charge on any atom is 0.326 e. The molecule has 0 saturated heterocycles. The summed E-state index contributed by atoms with van der Waals surface area (Å²) in [7, 11) is 0. The van der Waals surface area contributed by atoms with Crippen LogP contribution in [-0.2, 0) is 16.0 Å². The summed E-state index contributed by atoms with van der Waals surface area (Å²) in [6, 6.07) is 5.14. The van der Waals surface area contributed by atoms with E-state index in [1.54, 1.807) is 12.1 Å². The lowest BCUT2D eigenvalue weighted by Gasteiger charge is -2.14. The molecule has 0 fully saturated rings. The van der Waals surface area contributed by atoms with Crippen molar-refractivity contribution in [3.8, 4) is 0 Å². The van der Waals surface area contributed by atoms with Crippen molar-refractivity contribution in [2.24, 2.45) is 0 Å². The minimum atomic E-state index is -1.30. The van der Waals surface area contributed by atoms with Crippen molar-refractivity contribution in [3.63, 3.8) is 0 Å². The van der Waals surface area contributed by atoms with E-state index in [9.17, 15) is 19.2 Å². The monoisotopic (exact) mass is 446 g/mol. The van der Waals surface area contributed by atoms with Crippen LogP contribution in [0.1, 0.15) is 41.6 Å². The molecule has 0 bridgehead atoms. The van der Waals surface area contributed by atoms with Crippen molar-refractivity contribution in [3.05, 3.63) is 45.7 Å². The second kappa shape index (κ2) is 11.3. The van der Waals surface area contributed by atoms with Crippen LogP contribution in [0.25, 0.3) is 0 Å². The molecule has 2 aromatic rings. The van der Waals surface area contributed by atoms with E-state index in [1.807, 2.05) is 0 Å². The molecule has 0 aliphatic heterocycles. The number of aliphatic carboxylic acids is 2. The third-order valence-corrected chi connectivity index (χ3v) is 4.65. The van der Waals surface area contributed by atoms with E-state index in [0.29, 0.717) is 24.9 Å². The average molecular weight is 446 g/mol. The summed E-state index contributed by atoms with van der Waals surface area (Å²) in [4.78, 5) is 52.1. The minimum absolute atomic E-state index is 0.0196. The summed E-state index contributed by atoms with van der Waals surface area (Å²) in [5, 5.41) is 23.3. The molecule has 1 aromatic carbocycles. The van der Waals surface area contributed by atoms with E-state index in [1.165, 1.54) is 12.1 Å². The van der Waals surface area contributed by atoms with E-state index >= 15 is 0 Å². The van der Waals surface area contributed by atoms with Crippen LogP contribution < -0.4 is 27.7 Å². The number of benzene rings is 1. The number of hydrogen-bond donors (Lipinski definition) is 7. The zero-order chi connectivity index (χ0) is 23.7. The van der Waals surface area contributed by atoms with Gasteiger partial charge in [0.1, 0.15) is 11.9 Å². The zero-order valence-electron chi connectivity index (χ0n) is 17.3. The number of carboxylic acid groups (broad SMARTS) is 2. The van der Waals surface area contributed by atoms with Gasteiger partial charge in [-0.3, -0.25) is 19.4 Å². The van der Waals surface area contributed by atoms with E-state index in [0.717, 1.165) is 12.1 Å². The van der Waals surface area contributed by atoms with Gasteiger partial charge in [0.15, 0.2) is 0 Å². The Morgan fingerprint density at radius 1 is 1.09 bits per heavy atom. The maximum absolute atomic E-state index is 12.2.